The van der Waals surface area contributed by atoms with Crippen molar-refractivity contribution in [2.24, 2.45) is 12.5 Å². The van der Waals surface area contributed by atoms with Gasteiger partial charge in [-0.05, 0) is 95.1 Å². The topological polar surface area (TPSA) is 216 Å². The molecule has 1 aliphatic carbocycles. The number of benzene rings is 3. The van der Waals surface area contributed by atoms with E-state index < -0.39 is 47.5 Å². The number of nitrogens with one attached hydrogen (secondary N) is 3. The van der Waals surface area contributed by atoms with E-state index in [2.05, 4.69) is 35.7 Å². The number of pyridine rings is 3. The number of likely N-dealkylation sites (tertiary alicyclic amines) is 1. The minimum Gasteiger partial charge on any atom is -0.392 e. The van der Waals surface area contributed by atoms with Crippen LogP contribution in [0.4, 0.5) is 21.6 Å². The second kappa shape index (κ2) is 24.2. The number of aliphatic hydroxyl groups excluding tert-OH is 2. The first-order chi connectivity index (χ1) is 38.9. The molecule has 424 valence electrons. The normalized spacial score (nSPS) is 17.1. The van der Waals surface area contributed by atoms with Crippen LogP contribution < -0.4 is 32.0 Å². The Hall–Kier alpha value is -7.62. The highest BCUT2D eigenvalue weighted by Gasteiger charge is 2.44. The summed E-state index contributed by atoms with van der Waals surface area (Å²) in [6.45, 7) is 11.6. The molecule has 0 unspecified atom stereocenters. The van der Waals surface area contributed by atoms with Crippen molar-refractivity contribution in [3.8, 4) is 27.3 Å². The summed E-state index contributed by atoms with van der Waals surface area (Å²) >= 11 is 1.57. The molecule has 81 heavy (non-hydrogen) atoms. The Morgan fingerprint density at radius 1 is 0.926 bits per heavy atom. The molecular formula is C61H69FN10O8S. The summed E-state index contributed by atoms with van der Waals surface area (Å²) in [7, 11) is 1.64. The van der Waals surface area contributed by atoms with Crippen LogP contribution >= 0.6 is 11.3 Å². The molecule has 0 radical (unpaired) electrons. The van der Waals surface area contributed by atoms with Crippen LogP contribution in [-0.4, -0.2) is 128 Å². The Morgan fingerprint density at radius 3 is 2.40 bits per heavy atom. The number of aromatic nitrogens is 4. The van der Waals surface area contributed by atoms with Crippen molar-refractivity contribution in [2.45, 2.75) is 90.6 Å². The van der Waals surface area contributed by atoms with E-state index in [1.165, 1.54) is 20.1 Å². The highest BCUT2D eigenvalue weighted by molar-refractivity contribution is 7.13. The number of fused-ring (bicyclic) bond motifs is 1. The van der Waals surface area contributed by atoms with Gasteiger partial charge in [0.05, 0.1) is 65.0 Å². The number of rotatable bonds is 19. The Labute approximate surface area is 473 Å². The molecule has 3 amide bonds. The lowest BCUT2D eigenvalue weighted by Gasteiger charge is -2.36. The zero-order chi connectivity index (χ0) is 57.1. The zero-order valence-electron chi connectivity index (χ0n) is 46.3. The lowest BCUT2D eigenvalue weighted by molar-refractivity contribution is -0.144. The number of nitrogens with zero attached hydrogens (tertiary/aromatic N) is 7. The molecule has 18 nitrogen and oxygen atoms in total. The molecule has 3 fully saturated rings. The number of thiazole rings is 1. The summed E-state index contributed by atoms with van der Waals surface area (Å²) in [5.74, 6) is -0.914. The van der Waals surface area contributed by atoms with Crippen LogP contribution in [0.15, 0.2) is 113 Å². The van der Waals surface area contributed by atoms with Crippen molar-refractivity contribution < 1.29 is 33.7 Å². The number of ether oxygens (including phenoxy) is 1. The van der Waals surface area contributed by atoms with Gasteiger partial charge in [-0.3, -0.25) is 33.4 Å². The van der Waals surface area contributed by atoms with E-state index in [0.717, 1.165) is 72.0 Å². The first-order valence-electron chi connectivity index (χ1n) is 27.6. The van der Waals surface area contributed by atoms with Gasteiger partial charge in [0.15, 0.2) is 0 Å². The highest BCUT2D eigenvalue weighted by atomic mass is 32.1. The quantitative estimate of drug-likeness (QED) is 0.0529. The van der Waals surface area contributed by atoms with E-state index in [1.54, 1.807) is 61.2 Å². The number of anilines is 3. The Morgan fingerprint density at radius 2 is 1.70 bits per heavy atom. The van der Waals surface area contributed by atoms with Crippen LogP contribution in [0.2, 0.25) is 0 Å². The molecule has 3 atom stereocenters. The highest BCUT2D eigenvalue weighted by Crippen LogP contribution is 2.41. The van der Waals surface area contributed by atoms with E-state index >= 15 is 4.39 Å². The number of amides is 3. The third kappa shape index (κ3) is 12.8. The standard InChI is InChI=1S/C61H69FN10O8S/c1-37-55(81-36-65-37)40-11-9-38(10-12-40)31-64-57(76)51-30-45(74)34-72(51)60(79)56(61(2,3)4)67-53(75)18-25-80-26-24-69-20-22-70(23-21-69)44-15-16-52(63-32-44)66-49-29-43(33-68(5)58(49)77)46-7-6-8-50(47(46)35-73)71-19-17-41-27-42(39-13-14-39)28-48(62)54(41)59(71)78/h6-12,15-17,19,27-29,32-33,36,39,45,51,56,73-74H,13-14,18,20-26,30-31,34-35H2,1-5H3,(H,63,66)(H,64,76)(H,67,75)/t45-,51+,56-/m1/s1. The molecule has 2 saturated heterocycles. The zero-order valence-corrected chi connectivity index (χ0v) is 47.1. The predicted octanol–water partition coefficient (Wildman–Crippen LogP) is 6.77. The van der Waals surface area contributed by atoms with Gasteiger partial charge in [-0.1, -0.05) is 63.2 Å². The molecule has 6 heterocycles. The predicted molar refractivity (Wildman–Crippen MR) is 311 cm³/mol. The van der Waals surface area contributed by atoms with E-state index in [9.17, 15) is 34.2 Å². The smallest absolute Gasteiger partial charge is 0.274 e. The summed E-state index contributed by atoms with van der Waals surface area (Å²) in [4.78, 5) is 84.2. The lowest BCUT2D eigenvalue weighted by atomic mass is 9.85. The number of piperazine rings is 1. The molecular weight excluding hydrogens is 1050 g/mol. The summed E-state index contributed by atoms with van der Waals surface area (Å²) in [5.41, 5.74) is 7.33. The van der Waals surface area contributed by atoms with E-state index in [0.29, 0.717) is 52.7 Å². The minimum absolute atomic E-state index is 0.00716. The van der Waals surface area contributed by atoms with Gasteiger partial charge in [0.2, 0.25) is 17.7 Å². The molecule has 20 heteroatoms. The van der Waals surface area contributed by atoms with Crippen LogP contribution in [0.3, 0.4) is 0 Å². The van der Waals surface area contributed by atoms with Crippen LogP contribution in [0.5, 0.6) is 0 Å². The number of hydrogen-bond acceptors (Lipinski definition) is 14. The molecule has 5 N–H and O–H groups in total. The second-order valence-electron chi connectivity index (χ2n) is 22.4. The number of aryl methyl sites for hydroxylation is 2. The third-order valence-electron chi connectivity index (χ3n) is 15.6. The van der Waals surface area contributed by atoms with E-state index in [4.69, 9.17) is 4.74 Å². The Kier molecular flexibility index (Phi) is 16.9. The fourth-order valence-corrected chi connectivity index (χ4v) is 11.7. The molecule has 1 saturated carbocycles. The van der Waals surface area contributed by atoms with Crippen LogP contribution in [-0.2, 0) is 39.3 Å². The van der Waals surface area contributed by atoms with Gasteiger partial charge in [0.25, 0.3) is 11.1 Å². The summed E-state index contributed by atoms with van der Waals surface area (Å²) < 4.78 is 24.2. The van der Waals surface area contributed by atoms with Crippen LogP contribution in [0, 0.1) is 18.2 Å². The van der Waals surface area contributed by atoms with Gasteiger partial charge < -0.3 is 45.3 Å². The summed E-state index contributed by atoms with van der Waals surface area (Å²) in [6.07, 6.45) is 6.33. The first-order valence-corrected chi connectivity index (χ1v) is 28.4. The fraction of sp³-hybridized carbons (Fsp3) is 0.393. The van der Waals surface area contributed by atoms with Gasteiger partial charge in [0, 0.05) is 89.2 Å². The van der Waals surface area contributed by atoms with Gasteiger partial charge in [-0.2, -0.15) is 0 Å². The first kappa shape index (κ1) is 56.6. The SMILES string of the molecule is Cc1ncsc1-c1ccc(CNC(=O)[C@@H]2C[C@@H](O)CN2C(=O)[C@@H](NC(=O)CCOCCN2CCN(c3ccc(Nc4cc(-c5cccc(-n6ccc7cc(C8CC8)cc(F)c7c6=O)c5CO)cn(C)c4=O)nc3)CC2)C(C)(C)C)cc1. The largest absolute Gasteiger partial charge is 0.392 e. The Bertz CT molecular complexity index is 3570. The monoisotopic (exact) mass is 1120 g/mol. The van der Waals surface area contributed by atoms with Crippen molar-refractivity contribution in [3.63, 3.8) is 0 Å². The summed E-state index contributed by atoms with van der Waals surface area (Å²) in [5, 5.41) is 31.0. The van der Waals surface area contributed by atoms with E-state index in [1.807, 2.05) is 81.7 Å². The van der Waals surface area contributed by atoms with Gasteiger partial charge >= 0.3 is 0 Å². The summed E-state index contributed by atoms with van der Waals surface area (Å²) in [6, 6.07) is 21.9. The number of halogens is 1. The molecule has 0 spiro atoms. The average Bonchev–Trinajstić information content (AvgIpc) is 4.13. The van der Waals surface area contributed by atoms with Crippen molar-refractivity contribution in [1.29, 1.82) is 0 Å². The molecule has 4 aromatic heterocycles. The molecule has 2 aliphatic heterocycles. The number of aliphatic hydroxyl groups is 2. The molecule has 3 aliphatic rings. The molecule has 10 rings (SSSR count). The maximum Gasteiger partial charge on any atom is 0.274 e. The molecule has 7 aromatic rings. The number of β-amino-alcohol motifs (C(OH)–C–C–N with tert-alkyl or cyclic N) is 1. The third-order valence-corrected chi connectivity index (χ3v) is 16.6. The van der Waals surface area contributed by atoms with Crippen molar-refractivity contribution in [2.75, 3.05) is 62.7 Å². The van der Waals surface area contributed by atoms with Gasteiger partial charge in [-0.25, -0.2) is 14.4 Å². The minimum atomic E-state index is -0.940. The fourth-order valence-electron chi connectivity index (χ4n) is 10.9. The second-order valence-corrected chi connectivity index (χ2v) is 23.3. The van der Waals surface area contributed by atoms with Gasteiger partial charge in [0.1, 0.15) is 29.4 Å². The van der Waals surface area contributed by atoms with Crippen molar-refractivity contribution in [1.82, 2.24) is 39.5 Å². The maximum absolute atomic E-state index is 15.5. The number of carbonyl (C=O) groups is 3. The lowest BCUT2D eigenvalue weighted by Crippen LogP contribution is -2.57. The number of hydrogen-bond donors (Lipinski definition) is 5. The number of carbonyl (C=O) groups excluding carboxylic acids is 3. The Balaban J connectivity index is 0.679. The van der Waals surface area contributed by atoms with Crippen molar-refractivity contribution >= 4 is 57.0 Å². The van der Waals surface area contributed by atoms with Crippen LogP contribution in [0.25, 0.3) is 38.0 Å². The molecule has 0 bridgehead atoms. The van der Waals surface area contributed by atoms with Gasteiger partial charge in [-0.15, -0.1) is 11.3 Å². The van der Waals surface area contributed by atoms with Crippen LogP contribution in [0.1, 0.15) is 74.8 Å². The molecule has 3 aromatic carbocycles. The maximum atomic E-state index is 15.5. The van der Waals surface area contributed by atoms with Crippen molar-refractivity contribution in [3.05, 3.63) is 152 Å². The van der Waals surface area contributed by atoms with E-state index in [-0.39, 0.29) is 61.0 Å². The average molecular weight is 1120 g/mol.